The molecule has 5 rings (SSSR count). The van der Waals surface area contributed by atoms with Crippen molar-refractivity contribution in [3.63, 3.8) is 0 Å². The Labute approximate surface area is 209 Å². The predicted molar refractivity (Wildman–Crippen MR) is 141 cm³/mol. The molecular formula is C27H21Br2N3O. The maximum absolute atomic E-state index is 6.38. The van der Waals surface area contributed by atoms with Crippen molar-refractivity contribution in [2.75, 3.05) is 0 Å². The number of aromatic nitrogens is 1. The van der Waals surface area contributed by atoms with Gasteiger partial charge in [-0.3, -0.25) is 0 Å². The zero-order chi connectivity index (χ0) is 23.2. The summed E-state index contributed by atoms with van der Waals surface area (Å²) in [7, 11) is 0. The van der Waals surface area contributed by atoms with E-state index in [1.807, 2.05) is 60.7 Å². The molecule has 0 radical (unpaired) electrons. The van der Waals surface area contributed by atoms with Crippen LogP contribution in [0.3, 0.4) is 0 Å². The number of oxazole rings is 1. The van der Waals surface area contributed by atoms with E-state index in [2.05, 4.69) is 64.8 Å². The molecule has 1 aliphatic carbocycles. The third-order valence-corrected chi connectivity index (χ3v) is 6.34. The molecule has 0 N–H and O–H groups in total. The smallest absolute Gasteiger partial charge is 0.201 e. The van der Waals surface area contributed by atoms with E-state index < -0.39 is 0 Å². The van der Waals surface area contributed by atoms with Crippen molar-refractivity contribution in [2.24, 2.45) is 9.98 Å². The predicted octanol–water partition coefficient (Wildman–Crippen LogP) is 8.15. The number of benzene rings is 3. The Morgan fingerprint density at radius 3 is 1.70 bits per heavy atom. The largest absolute Gasteiger partial charge is 0.438 e. The maximum atomic E-state index is 6.38. The number of hydrogen-bond acceptors (Lipinski definition) is 4. The minimum absolute atomic E-state index is 0.255. The molecule has 0 saturated heterocycles. The molecule has 1 heterocycles. The van der Waals surface area contributed by atoms with Gasteiger partial charge in [0.2, 0.25) is 5.89 Å². The summed E-state index contributed by atoms with van der Waals surface area (Å²) >= 11 is 6.99. The quantitative estimate of drug-likeness (QED) is 0.218. The van der Waals surface area contributed by atoms with Crippen LogP contribution in [-0.4, -0.2) is 16.4 Å². The van der Waals surface area contributed by atoms with Gasteiger partial charge in [0.25, 0.3) is 0 Å². The molecular weight excluding hydrogens is 542 g/mol. The summed E-state index contributed by atoms with van der Waals surface area (Å²) in [6.07, 6.45) is 0. The van der Waals surface area contributed by atoms with E-state index in [9.17, 15) is 0 Å². The van der Waals surface area contributed by atoms with Crippen LogP contribution in [0.5, 0.6) is 0 Å². The van der Waals surface area contributed by atoms with Crippen molar-refractivity contribution in [3.8, 4) is 0 Å². The Morgan fingerprint density at radius 1 is 0.697 bits per heavy atom. The molecule has 0 amide bonds. The van der Waals surface area contributed by atoms with Crippen LogP contribution >= 0.6 is 31.9 Å². The van der Waals surface area contributed by atoms with Gasteiger partial charge in [-0.1, -0.05) is 76.9 Å². The average Bonchev–Trinajstić information content (AvgIpc) is 3.25. The second-order valence-electron chi connectivity index (χ2n) is 8.87. The minimum Gasteiger partial charge on any atom is -0.438 e. The summed E-state index contributed by atoms with van der Waals surface area (Å²) in [5.41, 5.74) is 5.67. The summed E-state index contributed by atoms with van der Waals surface area (Å²) in [6, 6.07) is 24.0. The maximum Gasteiger partial charge on any atom is 0.201 e. The molecule has 0 atom stereocenters. The van der Waals surface area contributed by atoms with Gasteiger partial charge in [-0.2, -0.15) is 0 Å². The highest BCUT2D eigenvalue weighted by Crippen LogP contribution is 2.35. The minimum atomic E-state index is -0.255. The van der Waals surface area contributed by atoms with E-state index in [-0.39, 0.29) is 5.41 Å². The van der Waals surface area contributed by atoms with Crippen LogP contribution in [0.4, 0.5) is 11.4 Å². The first kappa shape index (κ1) is 22.0. The fourth-order valence-electron chi connectivity index (χ4n) is 3.62. The Hall–Kier alpha value is -2.83. The summed E-state index contributed by atoms with van der Waals surface area (Å²) in [5.74, 6) is 1.31. The Bertz CT molecular complexity index is 1290. The van der Waals surface area contributed by atoms with Crippen molar-refractivity contribution in [2.45, 2.75) is 26.2 Å². The third-order valence-electron chi connectivity index (χ3n) is 5.28. The first-order chi connectivity index (χ1) is 15.8. The van der Waals surface area contributed by atoms with E-state index >= 15 is 0 Å². The number of halogens is 2. The first-order valence-electron chi connectivity index (χ1n) is 10.6. The van der Waals surface area contributed by atoms with Crippen molar-refractivity contribution < 1.29 is 4.42 Å². The summed E-state index contributed by atoms with van der Waals surface area (Å²) in [6.45, 7) is 6.28. The van der Waals surface area contributed by atoms with Crippen molar-refractivity contribution in [3.05, 3.63) is 110 Å². The highest BCUT2D eigenvalue weighted by molar-refractivity contribution is 9.10. The molecule has 0 aliphatic heterocycles. The molecule has 6 heteroatoms. The fraction of sp³-hybridized carbons (Fsp3) is 0.148. The second-order valence-corrected chi connectivity index (χ2v) is 10.7. The molecule has 33 heavy (non-hydrogen) atoms. The number of aliphatic imine (C=N–C) groups is 2. The molecule has 1 aromatic heterocycles. The van der Waals surface area contributed by atoms with Gasteiger partial charge in [-0.15, -0.1) is 0 Å². The van der Waals surface area contributed by atoms with Crippen LogP contribution in [0.1, 0.15) is 49.2 Å². The molecule has 0 fully saturated rings. The molecule has 0 saturated carbocycles. The van der Waals surface area contributed by atoms with Crippen LogP contribution in [0.15, 0.2) is 96.1 Å². The average molecular weight is 563 g/mol. The topological polar surface area (TPSA) is 50.8 Å². The molecule has 0 spiro atoms. The lowest BCUT2D eigenvalue weighted by atomic mass is 9.89. The van der Waals surface area contributed by atoms with Crippen LogP contribution in [0.2, 0.25) is 0 Å². The van der Waals surface area contributed by atoms with Crippen LogP contribution in [0, 0.1) is 0 Å². The summed E-state index contributed by atoms with van der Waals surface area (Å²) < 4.78 is 8.40. The van der Waals surface area contributed by atoms with E-state index in [0.717, 1.165) is 48.6 Å². The molecule has 1 aliphatic rings. The summed E-state index contributed by atoms with van der Waals surface area (Å²) in [4.78, 5) is 14.9. The van der Waals surface area contributed by atoms with Gasteiger partial charge in [-0.05, 0) is 48.5 Å². The van der Waals surface area contributed by atoms with Crippen molar-refractivity contribution in [1.82, 2.24) is 4.98 Å². The van der Waals surface area contributed by atoms with Gasteiger partial charge in [0.1, 0.15) is 17.1 Å². The number of rotatable bonds is 2. The zero-order valence-electron chi connectivity index (χ0n) is 18.4. The number of fused-ring (bicyclic) bond motifs is 2. The van der Waals surface area contributed by atoms with Gasteiger partial charge in [0.05, 0.1) is 11.4 Å². The van der Waals surface area contributed by atoms with E-state index in [0.29, 0.717) is 11.7 Å². The van der Waals surface area contributed by atoms with Crippen molar-refractivity contribution in [1.29, 1.82) is 0 Å². The Balaban J connectivity index is 1.77. The lowest BCUT2D eigenvalue weighted by Gasteiger charge is -2.18. The molecule has 4 aromatic rings. The third kappa shape index (κ3) is 4.37. The second kappa shape index (κ2) is 8.50. The van der Waals surface area contributed by atoms with Gasteiger partial charge in [0.15, 0.2) is 5.76 Å². The highest BCUT2D eigenvalue weighted by atomic mass is 79.9. The number of nitrogens with zero attached hydrogens (tertiary/aromatic N) is 3. The molecule has 3 aromatic carbocycles. The van der Waals surface area contributed by atoms with Crippen LogP contribution in [-0.2, 0) is 5.41 Å². The van der Waals surface area contributed by atoms with Crippen molar-refractivity contribution >= 4 is 54.7 Å². The SMILES string of the molecule is CC(C)(C)c1nc2c(o1)C(=Nc1ccc(Br)cc1)c1ccccc1C2=Nc1ccc(Br)cc1. The van der Waals surface area contributed by atoms with Gasteiger partial charge in [0, 0.05) is 25.5 Å². The van der Waals surface area contributed by atoms with Crippen LogP contribution < -0.4 is 0 Å². The van der Waals surface area contributed by atoms with E-state index in [1.165, 1.54) is 0 Å². The molecule has 4 nitrogen and oxygen atoms in total. The van der Waals surface area contributed by atoms with Gasteiger partial charge < -0.3 is 4.42 Å². The van der Waals surface area contributed by atoms with E-state index in [1.54, 1.807) is 0 Å². The highest BCUT2D eigenvalue weighted by Gasteiger charge is 2.34. The standard InChI is InChI=1S/C27H21Br2N3O/c1-27(2,3)26-32-24-22(30-18-12-8-16(28)9-13-18)20-6-4-5-7-21(20)23(25(24)33-26)31-19-14-10-17(29)11-15-19/h4-15H,1-3H3. The van der Waals surface area contributed by atoms with Gasteiger partial charge >= 0.3 is 0 Å². The Kier molecular flexibility index (Phi) is 5.67. The fourth-order valence-corrected chi connectivity index (χ4v) is 4.15. The lowest BCUT2D eigenvalue weighted by Crippen LogP contribution is -2.21. The monoisotopic (exact) mass is 561 g/mol. The molecule has 0 unspecified atom stereocenters. The van der Waals surface area contributed by atoms with E-state index in [4.69, 9.17) is 19.4 Å². The normalized spacial score (nSPS) is 15.5. The Morgan fingerprint density at radius 2 is 1.18 bits per heavy atom. The zero-order valence-corrected chi connectivity index (χ0v) is 21.6. The van der Waals surface area contributed by atoms with Gasteiger partial charge in [-0.25, -0.2) is 15.0 Å². The van der Waals surface area contributed by atoms with Crippen LogP contribution in [0.25, 0.3) is 0 Å². The summed E-state index contributed by atoms with van der Waals surface area (Å²) in [5, 5.41) is 0. The molecule has 164 valence electrons. The molecule has 0 bridgehead atoms. The lowest BCUT2D eigenvalue weighted by molar-refractivity contribution is 0.389. The number of hydrogen-bond donors (Lipinski definition) is 0. The first-order valence-corrected chi connectivity index (χ1v) is 12.2.